The van der Waals surface area contributed by atoms with Crippen LogP contribution >= 0.6 is 11.8 Å². The van der Waals surface area contributed by atoms with Crippen molar-refractivity contribution < 1.29 is 4.74 Å². The smallest absolute Gasteiger partial charge is 0.137 e. The quantitative estimate of drug-likeness (QED) is 0.899. The van der Waals surface area contributed by atoms with Crippen LogP contribution in [0.15, 0.2) is 35.6 Å². The summed E-state index contributed by atoms with van der Waals surface area (Å²) in [6.45, 7) is 2.05. The zero-order valence-corrected chi connectivity index (χ0v) is 12.0. The van der Waals surface area contributed by atoms with Crippen molar-refractivity contribution in [1.29, 1.82) is 0 Å². The maximum Gasteiger partial charge on any atom is 0.137 e. The highest BCUT2D eigenvalue weighted by Crippen LogP contribution is 2.42. The Kier molecular flexibility index (Phi) is 3.37. The molecule has 3 heterocycles. The lowest BCUT2D eigenvalue weighted by atomic mass is 10.2. The third-order valence-corrected chi connectivity index (χ3v) is 4.10. The van der Waals surface area contributed by atoms with E-state index >= 15 is 0 Å². The summed E-state index contributed by atoms with van der Waals surface area (Å²) in [5.74, 6) is 1.51. The van der Waals surface area contributed by atoms with E-state index < -0.39 is 0 Å². The van der Waals surface area contributed by atoms with Crippen LogP contribution in [0, 0.1) is 0 Å². The highest BCUT2D eigenvalue weighted by Gasteiger charge is 2.31. The number of nitrogens with zero attached hydrogens (tertiary/aromatic N) is 3. The summed E-state index contributed by atoms with van der Waals surface area (Å²) in [4.78, 5) is 7.57. The van der Waals surface area contributed by atoms with E-state index in [1.165, 1.54) is 0 Å². The molecule has 104 valence electrons. The summed E-state index contributed by atoms with van der Waals surface area (Å²) in [6, 6.07) is 3.78. The minimum absolute atomic E-state index is 0.194. The van der Waals surface area contributed by atoms with Crippen LogP contribution in [-0.2, 0) is 0 Å². The summed E-state index contributed by atoms with van der Waals surface area (Å²) in [5, 5.41) is 6.84. The summed E-state index contributed by atoms with van der Waals surface area (Å²) in [5.41, 5.74) is 8.06. The van der Waals surface area contributed by atoms with E-state index in [2.05, 4.69) is 22.1 Å². The highest BCUT2D eigenvalue weighted by molar-refractivity contribution is 8.04. The average Bonchev–Trinajstić information content (AvgIpc) is 3.06. The highest BCUT2D eigenvalue weighted by atomic mass is 32.2. The van der Waals surface area contributed by atoms with Crippen molar-refractivity contribution in [3.05, 3.63) is 41.2 Å². The van der Waals surface area contributed by atoms with Gasteiger partial charge in [-0.3, -0.25) is 10.00 Å². The predicted octanol–water partition coefficient (Wildman–Crippen LogP) is 2.00. The minimum Gasteiger partial charge on any atom is -0.495 e. The van der Waals surface area contributed by atoms with Crippen LogP contribution in [0.2, 0.25) is 0 Å². The van der Waals surface area contributed by atoms with E-state index in [1.807, 2.05) is 23.2 Å². The van der Waals surface area contributed by atoms with Gasteiger partial charge in [0, 0.05) is 16.7 Å². The van der Waals surface area contributed by atoms with E-state index in [0.717, 1.165) is 27.7 Å². The molecule has 0 amide bonds. The molecule has 20 heavy (non-hydrogen) atoms. The zero-order valence-electron chi connectivity index (χ0n) is 11.2. The van der Waals surface area contributed by atoms with E-state index in [1.54, 1.807) is 31.3 Å². The van der Waals surface area contributed by atoms with Gasteiger partial charge in [-0.25, -0.2) is 4.98 Å². The number of pyridine rings is 1. The Morgan fingerprint density at radius 1 is 1.40 bits per heavy atom. The van der Waals surface area contributed by atoms with Crippen LogP contribution in [-0.4, -0.2) is 27.8 Å². The number of rotatable bonds is 3. The minimum atomic E-state index is -0.194. The number of ether oxygens (including phenoxy) is 1. The molecule has 0 spiro atoms. The molecule has 0 aromatic carbocycles. The molecule has 0 radical (unpaired) electrons. The van der Waals surface area contributed by atoms with Gasteiger partial charge < -0.3 is 10.5 Å². The van der Waals surface area contributed by atoms with Gasteiger partial charge in [0.2, 0.25) is 0 Å². The van der Waals surface area contributed by atoms with Crippen LogP contribution in [0.5, 0.6) is 5.75 Å². The van der Waals surface area contributed by atoms with Gasteiger partial charge in [-0.1, -0.05) is 11.8 Å². The second-order valence-electron chi connectivity index (χ2n) is 4.33. The Hall–Kier alpha value is -1.99. The maximum absolute atomic E-state index is 6.21. The number of methoxy groups -OCH3 is 1. The Bertz CT molecular complexity index is 623. The fourth-order valence-electron chi connectivity index (χ4n) is 2.19. The predicted molar refractivity (Wildman–Crippen MR) is 80.0 cm³/mol. The molecule has 1 aliphatic heterocycles. The number of nitrogens with two attached hydrogens (primary N) is 1. The van der Waals surface area contributed by atoms with Crippen molar-refractivity contribution in [2.45, 2.75) is 12.4 Å². The van der Waals surface area contributed by atoms with Crippen molar-refractivity contribution in [3.8, 4) is 5.75 Å². The van der Waals surface area contributed by atoms with Crippen molar-refractivity contribution in [2.24, 2.45) is 5.73 Å². The molecule has 6 nitrogen and oxygen atoms in total. The molecule has 2 aromatic heterocycles. The van der Waals surface area contributed by atoms with Crippen molar-refractivity contribution in [2.75, 3.05) is 12.0 Å². The molecular formula is C13H15N5OS. The fourth-order valence-corrected chi connectivity index (χ4v) is 3.20. The number of aromatic amines is 1. The summed E-state index contributed by atoms with van der Waals surface area (Å²) in [7, 11) is 1.62. The van der Waals surface area contributed by atoms with Gasteiger partial charge in [0.25, 0.3) is 0 Å². The zero-order chi connectivity index (χ0) is 14.1. The largest absolute Gasteiger partial charge is 0.495 e. The standard InChI is InChI=1S/C13H15N5OS/c1-8-12(9-5-16-17-6-9)18(13(14)20-8)11-4-3-10(19-2)7-15-11/h3-7,13H,14H2,1-2H3,(H,16,17). The number of nitrogens with one attached hydrogen (secondary N) is 1. The first-order valence-corrected chi connectivity index (χ1v) is 7.00. The first-order valence-electron chi connectivity index (χ1n) is 6.12. The lowest BCUT2D eigenvalue weighted by Gasteiger charge is -2.24. The van der Waals surface area contributed by atoms with Crippen molar-refractivity contribution in [1.82, 2.24) is 15.2 Å². The Morgan fingerprint density at radius 2 is 2.25 bits per heavy atom. The Labute approximate surface area is 121 Å². The fraction of sp³-hybridized carbons (Fsp3) is 0.231. The number of H-pyrrole nitrogens is 1. The van der Waals surface area contributed by atoms with Gasteiger partial charge in [0.1, 0.15) is 17.1 Å². The molecule has 0 fully saturated rings. The Balaban J connectivity index is 2.01. The van der Waals surface area contributed by atoms with E-state index in [-0.39, 0.29) is 5.50 Å². The third-order valence-electron chi connectivity index (χ3n) is 3.10. The molecule has 0 aliphatic carbocycles. The topological polar surface area (TPSA) is 80.1 Å². The van der Waals surface area contributed by atoms with E-state index in [0.29, 0.717) is 0 Å². The number of thioether (sulfide) groups is 1. The maximum atomic E-state index is 6.21. The molecule has 7 heteroatoms. The monoisotopic (exact) mass is 289 g/mol. The van der Waals surface area contributed by atoms with Gasteiger partial charge in [-0.05, 0) is 19.1 Å². The number of hydrogen-bond acceptors (Lipinski definition) is 6. The Morgan fingerprint density at radius 3 is 2.85 bits per heavy atom. The second-order valence-corrected chi connectivity index (χ2v) is 5.66. The van der Waals surface area contributed by atoms with E-state index in [4.69, 9.17) is 10.5 Å². The normalized spacial score (nSPS) is 18.8. The number of aromatic nitrogens is 3. The number of hydrogen-bond donors (Lipinski definition) is 2. The van der Waals surface area contributed by atoms with Crippen LogP contribution in [0.25, 0.3) is 5.70 Å². The third kappa shape index (κ3) is 2.14. The first kappa shape index (κ1) is 13.0. The molecule has 1 atom stereocenters. The van der Waals surface area contributed by atoms with Crippen molar-refractivity contribution >= 4 is 23.3 Å². The summed E-state index contributed by atoms with van der Waals surface area (Å²) >= 11 is 1.61. The molecule has 0 saturated carbocycles. The molecule has 1 unspecified atom stereocenters. The summed E-state index contributed by atoms with van der Waals surface area (Å²) in [6.07, 6.45) is 5.33. The van der Waals surface area contributed by atoms with Gasteiger partial charge in [-0.2, -0.15) is 5.10 Å². The average molecular weight is 289 g/mol. The van der Waals surface area contributed by atoms with E-state index in [9.17, 15) is 0 Å². The van der Waals surface area contributed by atoms with Crippen LogP contribution in [0.4, 0.5) is 5.82 Å². The number of anilines is 1. The molecule has 2 aromatic rings. The SMILES string of the molecule is COc1ccc(N2C(c3cn[nH]c3)=C(C)SC2N)nc1. The lowest BCUT2D eigenvalue weighted by molar-refractivity contribution is 0.413. The number of allylic oxidation sites excluding steroid dienone is 1. The molecule has 3 N–H and O–H groups in total. The second kappa shape index (κ2) is 5.18. The first-order chi connectivity index (χ1) is 9.70. The molecule has 0 saturated heterocycles. The molecule has 0 bridgehead atoms. The summed E-state index contributed by atoms with van der Waals surface area (Å²) < 4.78 is 5.13. The van der Waals surface area contributed by atoms with Crippen LogP contribution < -0.4 is 15.4 Å². The van der Waals surface area contributed by atoms with Crippen LogP contribution in [0.1, 0.15) is 12.5 Å². The van der Waals surface area contributed by atoms with Gasteiger partial charge in [-0.15, -0.1) is 0 Å². The lowest BCUT2D eigenvalue weighted by Crippen LogP contribution is -2.35. The van der Waals surface area contributed by atoms with Crippen LogP contribution in [0.3, 0.4) is 0 Å². The van der Waals surface area contributed by atoms with Gasteiger partial charge in [0.05, 0.1) is 25.2 Å². The molecule has 3 rings (SSSR count). The molecule has 1 aliphatic rings. The van der Waals surface area contributed by atoms with Gasteiger partial charge in [0.15, 0.2) is 0 Å². The van der Waals surface area contributed by atoms with Gasteiger partial charge >= 0.3 is 0 Å². The van der Waals surface area contributed by atoms with Crippen molar-refractivity contribution in [3.63, 3.8) is 0 Å². The molecular weight excluding hydrogens is 274 g/mol.